The third-order valence-corrected chi connectivity index (χ3v) is 10.8. The van der Waals surface area contributed by atoms with Gasteiger partial charge >= 0.3 is 0 Å². The first-order valence-corrected chi connectivity index (χ1v) is 15.4. The molecule has 3 N–H and O–H groups in total. The summed E-state index contributed by atoms with van der Waals surface area (Å²) in [6, 6.07) is 15.2. The molecule has 3 aliphatic rings. The molecule has 3 heterocycles. The first kappa shape index (κ1) is 26.2. The molecule has 1 amide bonds. The van der Waals surface area contributed by atoms with Gasteiger partial charge in [-0.2, -0.15) is 0 Å². The molecule has 0 saturated carbocycles. The molecule has 0 aliphatic carbocycles. The standard InChI is InChI=1S/C29H40N4O3S/c1-20-9-10-21(2)33(20)13-6-16-37(35,36)32-14-11-23(12-15-32)27-19-31-28-25(27)17-24(18-26(28)29(30)34)22-7-4-3-5-8-22/h3-5,7-8,17-18,20-21,23,27,31H,6,9-16,19H2,1-2H3,(H2,30,34)/t20-,21-,27?/m1/s1. The minimum atomic E-state index is -3.25. The SMILES string of the molecule is C[C@@H]1CC[C@@H](C)N1CCCS(=O)(=O)N1CCC(C2CNc3c(C(N)=O)cc(-c4ccccc4)cc32)CC1. The van der Waals surface area contributed by atoms with Crippen molar-refractivity contribution >= 4 is 21.6 Å². The summed E-state index contributed by atoms with van der Waals surface area (Å²) < 4.78 is 27.9. The van der Waals surface area contributed by atoms with Gasteiger partial charge in [-0.15, -0.1) is 0 Å². The average molecular weight is 525 g/mol. The number of benzene rings is 2. The summed E-state index contributed by atoms with van der Waals surface area (Å²) in [5.74, 6) is 0.392. The van der Waals surface area contributed by atoms with Crippen molar-refractivity contribution < 1.29 is 13.2 Å². The number of anilines is 1. The van der Waals surface area contributed by atoms with Crippen molar-refractivity contribution in [1.82, 2.24) is 9.21 Å². The summed E-state index contributed by atoms with van der Waals surface area (Å²) in [7, 11) is -3.25. The van der Waals surface area contributed by atoms with Crippen LogP contribution < -0.4 is 11.1 Å². The first-order valence-electron chi connectivity index (χ1n) is 13.7. The fourth-order valence-electron chi connectivity index (χ4n) is 6.69. The van der Waals surface area contributed by atoms with E-state index in [4.69, 9.17) is 5.73 Å². The first-order chi connectivity index (χ1) is 17.7. The maximum absolute atomic E-state index is 13.1. The lowest BCUT2D eigenvalue weighted by atomic mass is 9.80. The molecule has 1 unspecified atom stereocenters. The number of carbonyl (C=O) groups excluding carboxylic acids is 1. The smallest absolute Gasteiger partial charge is 0.250 e. The molecular weight excluding hydrogens is 484 g/mol. The number of hydrogen-bond acceptors (Lipinski definition) is 5. The van der Waals surface area contributed by atoms with E-state index in [1.54, 1.807) is 4.31 Å². The van der Waals surface area contributed by atoms with Crippen LogP contribution in [0.15, 0.2) is 42.5 Å². The summed E-state index contributed by atoms with van der Waals surface area (Å²) in [5, 5.41) is 3.44. The molecule has 2 fully saturated rings. The number of hydrogen-bond donors (Lipinski definition) is 2. The van der Waals surface area contributed by atoms with Crippen LogP contribution in [-0.4, -0.2) is 67.5 Å². The van der Waals surface area contributed by atoms with Gasteiger partial charge in [0.1, 0.15) is 0 Å². The van der Waals surface area contributed by atoms with Gasteiger partial charge < -0.3 is 11.1 Å². The van der Waals surface area contributed by atoms with Crippen LogP contribution in [0.1, 0.15) is 67.8 Å². The highest BCUT2D eigenvalue weighted by Crippen LogP contribution is 2.44. The topological polar surface area (TPSA) is 95.7 Å². The normalized spacial score (nSPS) is 25.2. The predicted molar refractivity (Wildman–Crippen MR) is 149 cm³/mol. The molecule has 8 heteroatoms. The highest BCUT2D eigenvalue weighted by molar-refractivity contribution is 7.89. The van der Waals surface area contributed by atoms with Crippen molar-refractivity contribution in [2.75, 3.05) is 37.2 Å². The summed E-state index contributed by atoms with van der Waals surface area (Å²) in [5.41, 5.74) is 10.3. The fraction of sp³-hybridized carbons (Fsp3) is 0.552. The van der Waals surface area contributed by atoms with Gasteiger partial charge in [0.15, 0.2) is 0 Å². The summed E-state index contributed by atoms with van der Waals surface area (Å²) in [6.45, 7) is 7.22. The molecular formula is C29H40N4O3S. The minimum Gasteiger partial charge on any atom is -0.384 e. The number of fused-ring (bicyclic) bond motifs is 1. The van der Waals surface area contributed by atoms with E-state index in [0.29, 0.717) is 43.1 Å². The number of primary amides is 1. The Bertz CT molecular complexity index is 1220. The summed E-state index contributed by atoms with van der Waals surface area (Å²) >= 11 is 0. The molecule has 0 radical (unpaired) electrons. The van der Waals surface area contributed by atoms with Crippen LogP contribution in [0.4, 0.5) is 5.69 Å². The maximum atomic E-state index is 13.1. The van der Waals surface area contributed by atoms with Crippen molar-refractivity contribution in [3.63, 3.8) is 0 Å². The fourth-order valence-corrected chi connectivity index (χ4v) is 8.21. The van der Waals surface area contributed by atoms with E-state index in [9.17, 15) is 13.2 Å². The Morgan fingerprint density at radius 2 is 1.68 bits per heavy atom. The van der Waals surface area contributed by atoms with Crippen molar-refractivity contribution in [3.05, 3.63) is 53.6 Å². The molecule has 5 rings (SSSR count). The van der Waals surface area contributed by atoms with Gasteiger partial charge in [-0.3, -0.25) is 9.69 Å². The van der Waals surface area contributed by atoms with Crippen LogP contribution in [0.5, 0.6) is 0 Å². The maximum Gasteiger partial charge on any atom is 0.250 e. The van der Waals surface area contributed by atoms with Crippen molar-refractivity contribution in [2.45, 2.75) is 64.0 Å². The molecule has 200 valence electrons. The third-order valence-electron chi connectivity index (χ3n) is 8.85. The monoisotopic (exact) mass is 524 g/mol. The van der Waals surface area contributed by atoms with Crippen LogP contribution in [0, 0.1) is 5.92 Å². The number of carbonyl (C=O) groups is 1. The van der Waals surface area contributed by atoms with Gasteiger partial charge in [0.05, 0.1) is 17.0 Å². The number of likely N-dealkylation sites (tertiary alicyclic amines) is 1. The highest BCUT2D eigenvalue weighted by atomic mass is 32.2. The van der Waals surface area contributed by atoms with E-state index in [0.717, 1.165) is 48.3 Å². The van der Waals surface area contributed by atoms with Crippen molar-refractivity contribution in [3.8, 4) is 11.1 Å². The predicted octanol–water partition coefficient (Wildman–Crippen LogP) is 4.27. The molecule has 7 nitrogen and oxygen atoms in total. The zero-order valence-corrected chi connectivity index (χ0v) is 22.8. The van der Waals surface area contributed by atoms with Gasteiger partial charge in [-0.25, -0.2) is 12.7 Å². The van der Waals surface area contributed by atoms with Crippen LogP contribution in [-0.2, 0) is 10.0 Å². The quantitative estimate of drug-likeness (QED) is 0.538. The Kier molecular flexibility index (Phi) is 7.61. The van der Waals surface area contributed by atoms with Gasteiger partial charge in [0.25, 0.3) is 5.91 Å². The number of sulfonamides is 1. The second-order valence-corrected chi connectivity index (χ2v) is 13.2. The summed E-state index contributed by atoms with van der Waals surface area (Å²) in [4.78, 5) is 14.7. The lowest BCUT2D eigenvalue weighted by Crippen LogP contribution is -2.42. The van der Waals surface area contributed by atoms with Gasteiger partial charge in [0, 0.05) is 37.6 Å². The number of nitrogens with two attached hydrogens (primary N) is 1. The lowest BCUT2D eigenvalue weighted by molar-refractivity contribution is 0.100. The highest BCUT2D eigenvalue weighted by Gasteiger charge is 2.37. The van der Waals surface area contributed by atoms with Crippen LogP contribution >= 0.6 is 0 Å². The van der Waals surface area contributed by atoms with Crippen LogP contribution in [0.3, 0.4) is 0 Å². The zero-order valence-electron chi connectivity index (χ0n) is 22.0. The number of nitrogens with one attached hydrogen (secondary N) is 1. The average Bonchev–Trinajstić information content (AvgIpc) is 3.47. The molecule has 37 heavy (non-hydrogen) atoms. The zero-order chi connectivity index (χ0) is 26.2. The molecule has 3 atom stereocenters. The van der Waals surface area contributed by atoms with Gasteiger partial charge in [-0.1, -0.05) is 30.3 Å². The number of amides is 1. The van der Waals surface area contributed by atoms with E-state index >= 15 is 0 Å². The largest absolute Gasteiger partial charge is 0.384 e. The van der Waals surface area contributed by atoms with Gasteiger partial charge in [0.2, 0.25) is 10.0 Å². The molecule has 3 aliphatic heterocycles. The molecule has 0 spiro atoms. The van der Waals surface area contributed by atoms with Crippen molar-refractivity contribution in [1.29, 1.82) is 0 Å². The molecule has 2 saturated heterocycles. The van der Waals surface area contributed by atoms with Crippen molar-refractivity contribution in [2.24, 2.45) is 11.7 Å². The molecule has 2 aromatic rings. The Morgan fingerprint density at radius 1 is 1.00 bits per heavy atom. The lowest BCUT2D eigenvalue weighted by Gasteiger charge is -2.34. The Hall–Kier alpha value is -2.42. The van der Waals surface area contributed by atoms with E-state index < -0.39 is 15.9 Å². The van der Waals surface area contributed by atoms with E-state index in [1.807, 2.05) is 36.4 Å². The van der Waals surface area contributed by atoms with E-state index in [-0.39, 0.29) is 11.7 Å². The second kappa shape index (κ2) is 10.8. The third kappa shape index (κ3) is 5.42. The van der Waals surface area contributed by atoms with Gasteiger partial charge in [-0.05, 0) is 87.2 Å². The number of nitrogens with zero attached hydrogens (tertiary/aromatic N) is 2. The molecule has 2 aromatic carbocycles. The molecule has 0 aromatic heterocycles. The summed E-state index contributed by atoms with van der Waals surface area (Å²) in [6.07, 6.45) is 4.75. The van der Waals surface area contributed by atoms with E-state index in [2.05, 4.69) is 30.1 Å². The second-order valence-electron chi connectivity index (χ2n) is 11.1. The number of piperidine rings is 1. The molecule has 0 bridgehead atoms. The number of rotatable bonds is 8. The Labute approximate surface area is 221 Å². The van der Waals surface area contributed by atoms with Crippen LogP contribution in [0.25, 0.3) is 11.1 Å². The minimum absolute atomic E-state index is 0.226. The Balaban J connectivity index is 1.24. The van der Waals surface area contributed by atoms with Crippen LogP contribution in [0.2, 0.25) is 0 Å². The van der Waals surface area contributed by atoms with E-state index in [1.165, 1.54) is 12.8 Å². The Morgan fingerprint density at radius 3 is 2.32 bits per heavy atom.